The van der Waals surface area contributed by atoms with Crippen LogP contribution in [0.15, 0.2) is 12.1 Å². The molecule has 1 aromatic carbocycles. The van der Waals surface area contributed by atoms with E-state index in [1.165, 1.54) is 0 Å². The Labute approximate surface area is 111 Å². The first-order chi connectivity index (χ1) is 8.24. The van der Waals surface area contributed by atoms with E-state index in [0.717, 1.165) is 18.4 Å². The van der Waals surface area contributed by atoms with Crippen molar-refractivity contribution in [3.8, 4) is 5.75 Å². The third-order valence-electron chi connectivity index (χ3n) is 2.84. The molecule has 0 saturated heterocycles. The zero-order valence-corrected chi connectivity index (χ0v) is 10.9. The van der Waals surface area contributed by atoms with Crippen molar-refractivity contribution in [2.75, 3.05) is 19.8 Å². The fourth-order valence-corrected chi connectivity index (χ4v) is 2.41. The van der Waals surface area contributed by atoms with E-state index in [4.69, 9.17) is 33.0 Å². The van der Waals surface area contributed by atoms with Crippen molar-refractivity contribution in [2.24, 2.45) is 0 Å². The van der Waals surface area contributed by atoms with E-state index in [1.54, 1.807) is 6.07 Å². The molecule has 0 saturated carbocycles. The molecule has 0 bridgehead atoms. The first-order valence-electron chi connectivity index (χ1n) is 5.69. The highest BCUT2D eigenvalue weighted by atomic mass is 35.5. The minimum Gasteiger partial charge on any atom is -0.492 e. The number of aliphatic hydroxyl groups is 1. The highest BCUT2D eigenvalue weighted by Crippen LogP contribution is 2.40. The van der Waals surface area contributed by atoms with Gasteiger partial charge in [-0.05, 0) is 18.9 Å². The molecule has 94 valence electrons. The molecule has 0 fully saturated rings. The van der Waals surface area contributed by atoms with Gasteiger partial charge in [0.1, 0.15) is 10.8 Å². The van der Waals surface area contributed by atoms with Crippen LogP contribution >= 0.6 is 23.2 Å². The largest absolute Gasteiger partial charge is 0.492 e. The normalized spacial score (nSPS) is 19.4. The number of ether oxygens (including phenoxy) is 1. The SMILES string of the molecule is OCCNC1CCCOc2c1ccc(Cl)c2Cl. The first kappa shape index (κ1) is 13.0. The lowest BCUT2D eigenvalue weighted by molar-refractivity contribution is 0.281. The van der Waals surface area contributed by atoms with Crippen LogP contribution in [0.4, 0.5) is 0 Å². The highest BCUT2D eigenvalue weighted by Gasteiger charge is 2.22. The molecular weight excluding hydrogens is 261 g/mol. The Balaban J connectivity index is 2.32. The summed E-state index contributed by atoms with van der Waals surface area (Å²) >= 11 is 12.1. The molecule has 1 unspecified atom stereocenters. The molecule has 1 atom stereocenters. The maximum Gasteiger partial charge on any atom is 0.144 e. The number of benzene rings is 1. The summed E-state index contributed by atoms with van der Waals surface area (Å²) in [6, 6.07) is 3.88. The van der Waals surface area contributed by atoms with E-state index in [-0.39, 0.29) is 12.6 Å². The second-order valence-corrected chi connectivity index (χ2v) is 4.79. The molecule has 3 nitrogen and oxygen atoms in total. The summed E-state index contributed by atoms with van der Waals surface area (Å²) in [7, 11) is 0. The highest BCUT2D eigenvalue weighted by molar-refractivity contribution is 6.43. The quantitative estimate of drug-likeness (QED) is 0.892. The van der Waals surface area contributed by atoms with Crippen LogP contribution in [0.2, 0.25) is 10.0 Å². The van der Waals surface area contributed by atoms with Gasteiger partial charge < -0.3 is 15.2 Å². The molecule has 0 radical (unpaired) electrons. The van der Waals surface area contributed by atoms with Crippen LogP contribution in [-0.4, -0.2) is 24.9 Å². The predicted octanol–water partition coefficient (Wildman–Crippen LogP) is 2.79. The van der Waals surface area contributed by atoms with Crippen LogP contribution in [0.1, 0.15) is 24.4 Å². The standard InChI is InChI=1S/C12H15Cl2NO2/c13-9-4-3-8-10(15-5-6-16)2-1-7-17-12(8)11(9)14/h3-4,10,15-16H,1-2,5-7H2. The van der Waals surface area contributed by atoms with Gasteiger partial charge in [-0.15, -0.1) is 0 Å². The van der Waals surface area contributed by atoms with Gasteiger partial charge in [0, 0.05) is 18.2 Å². The van der Waals surface area contributed by atoms with Crippen molar-refractivity contribution < 1.29 is 9.84 Å². The van der Waals surface area contributed by atoms with Gasteiger partial charge in [-0.1, -0.05) is 29.3 Å². The smallest absolute Gasteiger partial charge is 0.144 e. The number of nitrogens with one attached hydrogen (secondary N) is 1. The Morgan fingerprint density at radius 1 is 1.41 bits per heavy atom. The average molecular weight is 276 g/mol. The predicted molar refractivity (Wildman–Crippen MR) is 69.0 cm³/mol. The van der Waals surface area contributed by atoms with Gasteiger partial charge >= 0.3 is 0 Å². The molecule has 1 heterocycles. The summed E-state index contributed by atoms with van der Waals surface area (Å²) in [6.07, 6.45) is 1.91. The number of halogens is 2. The summed E-state index contributed by atoms with van der Waals surface area (Å²) in [5.74, 6) is 0.673. The van der Waals surface area contributed by atoms with E-state index < -0.39 is 0 Å². The van der Waals surface area contributed by atoms with Crippen molar-refractivity contribution >= 4 is 23.2 Å². The molecule has 0 amide bonds. The zero-order chi connectivity index (χ0) is 12.3. The Kier molecular flexibility index (Phi) is 4.51. The van der Waals surface area contributed by atoms with E-state index in [0.29, 0.717) is 28.9 Å². The molecule has 1 aliphatic rings. The summed E-state index contributed by atoms with van der Waals surface area (Å²) in [5, 5.41) is 13.1. The van der Waals surface area contributed by atoms with Gasteiger partial charge in [0.2, 0.25) is 0 Å². The van der Waals surface area contributed by atoms with Crippen molar-refractivity contribution in [3.05, 3.63) is 27.7 Å². The van der Waals surface area contributed by atoms with Gasteiger partial charge in [0.05, 0.1) is 18.2 Å². The Morgan fingerprint density at radius 3 is 3.00 bits per heavy atom. The van der Waals surface area contributed by atoms with Crippen LogP contribution in [-0.2, 0) is 0 Å². The molecule has 2 N–H and O–H groups in total. The van der Waals surface area contributed by atoms with Gasteiger partial charge in [0.25, 0.3) is 0 Å². The Hall–Kier alpha value is -0.480. The van der Waals surface area contributed by atoms with Crippen LogP contribution in [0, 0.1) is 0 Å². The molecule has 1 aromatic rings. The Morgan fingerprint density at radius 2 is 2.24 bits per heavy atom. The summed E-state index contributed by atoms with van der Waals surface area (Å²) in [5.41, 5.74) is 1.02. The summed E-state index contributed by atoms with van der Waals surface area (Å²) < 4.78 is 5.65. The van der Waals surface area contributed by atoms with E-state index in [1.807, 2.05) is 6.07 Å². The lowest BCUT2D eigenvalue weighted by Crippen LogP contribution is -2.24. The second-order valence-electron chi connectivity index (χ2n) is 4.00. The number of fused-ring (bicyclic) bond motifs is 1. The van der Waals surface area contributed by atoms with Crippen molar-refractivity contribution in [2.45, 2.75) is 18.9 Å². The van der Waals surface area contributed by atoms with Crippen molar-refractivity contribution in [3.63, 3.8) is 0 Å². The Bertz CT molecular complexity index is 398. The summed E-state index contributed by atoms with van der Waals surface area (Å²) in [4.78, 5) is 0. The molecule has 5 heteroatoms. The molecule has 17 heavy (non-hydrogen) atoms. The van der Waals surface area contributed by atoms with E-state index in [9.17, 15) is 0 Å². The third-order valence-corrected chi connectivity index (χ3v) is 3.63. The molecule has 0 aromatic heterocycles. The fourth-order valence-electron chi connectivity index (χ4n) is 2.04. The maximum absolute atomic E-state index is 8.87. The molecule has 0 aliphatic carbocycles. The maximum atomic E-state index is 8.87. The molecular formula is C12H15Cl2NO2. The number of rotatable bonds is 3. The van der Waals surface area contributed by atoms with Crippen molar-refractivity contribution in [1.29, 1.82) is 0 Å². The van der Waals surface area contributed by atoms with E-state index in [2.05, 4.69) is 5.32 Å². The van der Waals surface area contributed by atoms with Crippen LogP contribution < -0.4 is 10.1 Å². The van der Waals surface area contributed by atoms with Gasteiger partial charge in [-0.3, -0.25) is 0 Å². The van der Waals surface area contributed by atoms with Gasteiger partial charge in [0.15, 0.2) is 0 Å². The minimum absolute atomic E-state index is 0.119. The van der Waals surface area contributed by atoms with E-state index >= 15 is 0 Å². The fraction of sp³-hybridized carbons (Fsp3) is 0.500. The average Bonchev–Trinajstić information content (AvgIpc) is 2.54. The minimum atomic E-state index is 0.119. The molecule has 1 aliphatic heterocycles. The third kappa shape index (κ3) is 2.86. The molecule has 2 rings (SSSR count). The first-order valence-corrected chi connectivity index (χ1v) is 6.44. The number of hydrogen-bond acceptors (Lipinski definition) is 3. The lowest BCUT2D eigenvalue weighted by Gasteiger charge is -2.18. The zero-order valence-electron chi connectivity index (χ0n) is 9.38. The van der Waals surface area contributed by atoms with Gasteiger partial charge in [-0.2, -0.15) is 0 Å². The van der Waals surface area contributed by atoms with Crippen LogP contribution in [0.25, 0.3) is 0 Å². The van der Waals surface area contributed by atoms with Crippen LogP contribution in [0.5, 0.6) is 5.75 Å². The number of hydrogen-bond donors (Lipinski definition) is 2. The topological polar surface area (TPSA) is 41.5 Å². The monoisotopic (exact) mass is 275 g/mol. The number of aliphatic hydroxyl groups excluding tert-OH is 1. The van der Waals surface area contributed by atoms with Crippen molar-refractivity contribution in [1.82, 2.24) is 5.32 Å². The van der Waals surface area contributed by atoms with Crippen LogP contribution in [0.3, 0.4) is 0 Å². The van der Waals surface area contributed by atoms with Gasteiger partial charge in [-0.25, -0.2) is 0 Å². The lowest BCUT2D eigenvalue weighted by atomic mass is 10.0. The molecule has 0 spiro atoms. The second kappa shape index (κ2) is 5.91. The summed E-state index contributed by atoms with van der Waals surface area (Å²) in [6.45, 7) is 1.32.